The van der Waals surface area contributed by atoms with Crippen molar-refractivity contribution in [3.05, 3.63) is 37.0 Å². The summed E-state index contributed by atoms with van der Waals surface area (Å²) in [5.74, 6) is 1.65. The molecule has 0 amide bonds. The summed E-state index contributed by atoms with van der Waals surface area (Å²) >= 11 is 0. The Labute approximate surface area is 430 Å². The number of rotatable bonds is 44. The van der Waals surface area contributed by atoms with Gasteiger partial charge in [-0.2, -0.15) is 0 Å². The molecule has 0 N–H and O–H groups in total. The minimum absolute atomic E-state index is 0.00492. The first-order valence-electron chi connectivity index (χ1n) is 30.3. The van der Waals surface area contributed by atoms with Crippen molar-refractivity contribution in [1.82, 2.24) is 4.90 Å². The van der Waals surface area contributed by atoms with Crippen molar-refractivity contribution < 1.29 is 23.9 Å². The van der Waals surface area contributed by atoms with Crippen LogP contribution in [0.4, 0.5) is 0 Å². The zero-order chi connectivity index (χ0) is 50.7. The molecule has 2 unspecified atom stereocenters. The number of esters is 1. The number of ether oxygens (including phenoxy) is 2. The molecule has 1 saturated heterocycles. The van der Waals surface area contributed by atoms with Gasteiger partial charge in [0.15, 0.2) is 5.78 Å². The summed E-state index contributed by atoms with van der Waals surface area (Å²) in [6, 6.07) is 0.382. The molecule has 6 heteroatoms. The van der Waals surface area contributed by atoms with Gasteiger partial charge in [0.05, 0.1) is 6.61 Å². The summed E-state index contributed by atoms with van der Waals surface area (Å²) in [6.07, 6.45) is 57.9. The first-order chi connectivity index (χ1) is 33.8. The van der Waals surface area contributed by atoms with Crippen LogP contribution in [-0.2, 0) is 23.9 Å². The molecule has 0 aromatic heterocycles. The molecule has 1 aliphatic heterocycles. The summed E-state index contributed by atoms with van der Waals surface area (Å²) in [4.78, 5) is 39.4. The molecular formula is C63H117NO5. The Morgan fingerprint density at radius 1 is 0.652 bits per heavy atom. The number of hydrogen-bond donors (Lipinski definition) is 0. The quantitative estimate of drug-likeness (QED) is 0.0262. The molecule has 1 aliphatic carbocycles. The molecule has 404 valence electrons. The maximum atomic E-state index is 12.8. The lowest BCUT2D eigenvalue weighted by atomic mass is 9.89. The fraction of sp³-hybridized carbons (Fsp3) is 0.857. The minimum Gasteiger partial charge on any atom is -0.462 e. The van der Waals surface area contributed by atoms with Crippen molar-refractivity contribution in [3.8, 4) is 0 Å². The molecule has 2 aliphatic rings. The van der Waals surface area contributed by atoms with Crippen LogP contribution < -0.4 is 0 Å². The van der Waals surface area contributed by atoms with Crippen LogP contribution in [0.15, 0.2) is 37.0 Å². The molecular weight excluding hydrogens is 851 g/mol. The Kier molecular flexibility index (Phi) is 50.7. The van der Waals surface area contributed by atoms with Gasteiger partial charge >= 0.3 is 5.97 Å². The van der Waals surface area contributed by atoms with Crippen LogP contribution in [0.1, 0.15) is 298 Å². The van der Waals surface area contributed by atoms with E-state index in [2.05, 4.69) is 50.5 Å². The lowest BCUT2D eigenvalue weighted by Gasteiger charge is -2.24. The summed E-state index contributed by atoms with van der Waals surface area (Å²) in [5.41, 5.74) is 0. The minimum atomic E-state index is 0.00492. The maximum Gasteiger partial charge on any atom is 0.306 e. The lowest BCUT2D eigenvalue weighted by molar-refractivity contribution is -0.150. The van der Waals surface area contributed by atoms with Crippen molar-refractivity contribution in [3.63, 3.8) is 0 Å². The SMILES string of the molecule is C=CCCCCCCCCCCC.CC.CCCCCCCCC(CCCCCC)OC(=O)CCCCCCCOC[C@@H]1C[C@H](C=CC(=O)CCC2CCC=CCCC2)CN1CCCCCC(C)=O. The number of allylic oxidation sites excluding steroid dienone is 4. The van der Waals surface area contributed by atoms with E-state index in [1.54, 1.807) is 6.92 Å². The van der Waals surface area contributed by atoms with Gasteiger partial charge in [-0.1, -0.05) is 194 Å². The van der Waals surface area contributed by atoms with Gasteiger partial charge in [-0.3, -0.25) is 14.5 Å². The van der Waals surface area contributed by atoms with Gasteiger partial charge in [0, 0.05) is 38.5 Å². The third-order valence-corrected chi connectivity index (χ3v) is 14.3. The fourth-order valence-electron chi connectivity index (χ4n) is 9.95. The first kappa shape index (κ1) is 67.0. The average Bonchev–Trinajstić information content (AvgIpc) is 3.73. The maximum absolute atomic E-state index is 12.8. The highest BCUT2D eigenvalue weighted by Gasteiger charge is 2.30. The van der Waals surface area contributed by atoms with Gasteiger partial charge in [0.25, 0.3) is 0 Å². The van der Waals surface area contributed by atoms with Crippen LogP contribution in [0.5, 0.6) is 0 Å². The second-order valence-corrected chi connectivity index (χ2v) is 20.9. The van der Waals surface area contributed by atoms with E-state index in [9.17, 15) is 14.4 Å². The second kappa shape index (κ2) is 52.3. The predicted octanol–water partition coefficient (Wildman–Crippen LogP) is 19.0. The van der Waals surface area contributed by atoms with Crippen LogP contribution in [-0.4, -0.2) is 60.9 Å². The molecule has 0 bridgehead atoms. The van der Waals surface area contributed by atoms with Crippen molar-refractivity contribution in [1.29, 1.82) is 0 Å². The zero-order valence-electron chi connectivity index (χ0n) is 47.0. The Bertz CT molecular complexity index is 1210. The zero-order valence-corrected chi connectivity index (χ0v) is 47.0. The highest BCUT2D eigenvalue weighted by Crippen LogP contribution is 2.27. The lowest BCUT2D eigenvalue weighted by Crippen LogP contribution is -2.34. The van der Waals surface area contributed by atoms with Crippen molar-refractivity contribution in [2.24, 2.45) is 11.8 Å². The standard InChI is InChI=1S/C48H85NO5.C13H26.C2H6/c1-4-6-8-10-15-23-31-47(30-22-9-7-5-2)54-48(52)32-24-16-12-17-26-38-53-41-45-39-44(40-49(45)37-25-18-19-27-42(3)50)34-36-46(51)35-33-43-28-20-13-11-14-21-29-43;1-3-5-7-9-11-13-12-10-8-6-4-2;1-2/h11,13,34,36,43-45,47H,4-10,12,14-33,35,37-41H2,1-3H3;3H,1,4-13H2,2H3;1-2H3/t43?,44-,45-,47?;;/m0../s1. The van der Waals surface area contributed by atoms with Gasteiger partial charge < -0.3 is 14.3 Å². The molecule has 0 radical (unpaired) electrons. The van der Waals surface area contributed by atoms with Gasteiger partial charge in [0.1, 0.15) is 11.9 Å². The van der Waals surface area contributed by atoms with Crippen LogP contribution in [0.25, 0.3) is 0 Å². The van der Waals surface area contributed by atoms with E-state index in [0.717, 1.165) is 110 Å². The monoisotopic (exact) mass is 968 g/mol. The van der Waals surface area contributed by atoms with Crippen molar-refractivity contribution >= 4 is 17.5 Å². The molecule has 0 spiro atoms. The van der Waals surface area contributed by atoms with Crippen molar-refractivity contribution in [2.45, 2.75) is 311 Å². The van der Waals surface area contributed by atoms with Crippen LogP contribution in [0.3, 0.4) is 0 Å². The van der Waals surface area contributed by atoms with E-state index in [1.165, 1.54) is 154 Å². The fourth-order valence-corrected chi connectivity index (χ4v) is 9.95. The summed E-state index contributed by atoms with van der Waals surface area (Å²) in [6.45, 7) is 19.7. The van der Waals surface area contributed by atoms with Crippen LogP contribution in [0.2, 0.25) is 0 Å². The Balaban J connectivity index is 0.00000265. The van der Waals surface area contributed by atoms with E-state index >= 15 is 0 Å². The molecule has 2 rings (SSSR count). The number of carbonyl (C=O) groups excluding carboxylic acids is 3. The summed E-state index contributed by atoms with van der Waals surface area (Å²) in [5, 5.41) is 0. The predicted molar refractivity (Wildman–Crippen MR) is 300 cm³/mol. The molecule has 0 aromatic carbocycles. The number of ketones is 2. The molecule has 4 atom stereocenters. The Morgan fingerprint density at radius 3 is 1.84 bits per heavy atom. The first-order valence-corrected chi connectivity index (χ1v) is 30.3. The van der Waals surface area contributed by atoms with Crippen LogP contribution in [0, 0.1) is 11.8 Å². The third-order valence-electron chi connectivity index (χ3n) is 14.3. The Hall–Kier alpha value is -2.05. The smallest absolute Gasteiger partial charge is 0.306 e. The highest BCUT2D eigenvalue weighted by molar-refractivity contribution is 5.89. The van der Waals surface area contributed by atoms with E-state index in [1.807, 2.05) is 26.0 Å². The highest BCUT2D eigenvalue weighted by atomic mass is 16.5. The van der Waals surface area contributed by atoms with E-state index in [-0.39, 0.29) is 23.6 Å². The number of hydrogen-bond acceptors (Lipinski definition) is 6. The van der Waals surface area contributed by atoms with Crippen LogP contribution >= 0.6 is 0 Å². The van der Waals surface area contributed by atoms with E-state index in [4.69, 9.17) is 9.47 Å². The molecule has 1 heterocycles. The molecule has 6 nitrogen and oxygen atoms in total. The number of likely N-dealkylation sites (tertiary alicyclic amines) is 1. The van der Waals surface area contributed by atoms with Crippen molar-refractivity contribution in [2.75, 3.05) is 26.3 Å². The second-order valence-electron chi connectivity index (χ2n) is 20.9. The third kappa shape index (κ3) is 44.4. The average molecular weight is 969 g/mol. The van der Waals surface area contributed by atoms with Gasteiger partial charge in [-0.05, 0) is 134 Å². The van der Waals surface area contributed by atoms with E-state index < -0.39 is 0 Å². The number of nitrogens with zero attached hydrogens (tertiary/aromatic N) is 1. The topological polar surface area (TPSA) is 72.9 Å². The molecule has 69 heavy (non-hydrogen) atoms. The van der Waals surface area contributed by atoms with Gasteiger partial charge in [-0.15, -0.1) is 6.58 Å². The molecule has 1 fully saturated rings. The molecule has 0 saturated carbocycles. The summed E-state index contributed by atoms with van der Waals surface area (Å²) < 4.78 is 12.2. The number of carbonyl (C=O) groups is 3. The van der Waals surface area contributed by atoms with E-state index in [0.29, 0.717) is 37.1 Å². The largest absolute Gasteiger partial charge is 0.462 e. The summed E-state index contributed by atoms with van der Waals surface area (Å²) in [7, 11) is 0. The normalized spacial score (nSPS) is 17.6. The van der Waals surface area contributed by atoms with Gasteiger partial charge in [-0.25, -0.2) is 0 Å². The van der Waals surface area contributed by atoms with Gasteiger partial charge in [0.2, 0.25) is 0 Å². The Morgan fingerprint density at radius 2 is 1.20 bits per heavy atom. The molecule has 0 aromatic rings. The number of Topliss-reactive ketones (excluding diaryl/α,β-unsaturated/α-hetero) is 1. The number of unbranched alkanes of at least 4 members (excludes halogenated alkanes) is 23.